The van der Waals surface area contributed by atoms with Crippen molar-refractivity contribution in [2.75, 3.05) is 0 Å². The normalized spacial score (nSPS) is 10.8. The summed E-state index contributed by atoms with van der Waals surface area (Å²) >= 11 is 6.84. The molecule has 2 rings (SSSR count). The Morgan fingerprint density at radius 2 is 1.50 bits per heavy atom. The van der Waals surface area contributed by atoms with Crippen LogP contribution in [0.25, 0.3) is 11.1 Å². The number of rotatable bonds is 2. The lowest BCUT2D eigenvalue weighted by Gasteiger charge is -2.06. The molecule has 0 fully saturated rings. The molecule has 3 heteroatoms. The maximum Gasteiger partial charge on any atom is 0.131 e. The van der Waals surface area contributed by atoms with Crippen molar-refractivity contribution in [2.24, 2.45) is 0 Å². The third-order valence-corrected chi connectivity index (χ3v) is 3.40. The quantitative estimate of drug-likeness (QED) is 0.650. The molecule has 0 spiro atoms. The molecule has 0 amide bonds. The Morgan fingerprint density at radius 1 is 0.875 bits per heavy atom. The summed E-state index contributed by atoms with van der Waals surface area (Å²) in [5.41, 5.74) is 2.64. The molecule has 0 aliphatic heterocycles. The van der Waals surface area contributed by atoms with Crippen molar-refractivity contribution >= 4 is 31.9 Å². The molecule has 0 saturated carbocycles. The summed E-state index contributed by atoms with van der Waals surface area (Å²) in [6.07, 6.45) is 0. The zero-order chi connectivity index (χ0) is 11.5. The summed E-state index contributed by atoms with van der Waals surface area (Å²) in [6.45, 7) is 0. The molecular weight excluding hydrogens is 335 g/mol. The van der Waals surface area contributed by atoms with E-state index in [9.17, 15) is 4.39 Å². The van der Waals surface area contributed by atoms with Gasteiger partial charge in [0.1, 0.15) is 5.82 Å². The molecule has 0 aliphatic carbocycles. The molecule has 0 aliphatic rings. The van der Waals surface area contributed by atoms with Crippen LogP contribution >= 0.6 is 31.9 Å². The van der Waals surface area contributed by atoms with Gasteiger partial charge in [0.05, 0.1) is 3.74 Å². The smallest absolute Gasteiger partial charge is 0.131 e. The van der Waals surface area contributed by atoms with Crippen LogP contribution in [0.3, 0.4) is 0 Å². The van der Waals surface area contributed by atoms with E-state index in [-0.39, 0.29) is 9.55 Å². The van der Waals surface area contributed by atoms with E-state index in [0.717, 1.165) is 11.1 Å². The van der Waals surface area contributed by atoms with Crippen molar-refractivity contribution in [2.45, 2.75) is 3.74 Å². The van der Waals surface area contributed by atoms with Gasteiger partial charge in [0, 0.05) is 5.56 Å². The van der Waals surface area contributed by atoms with E-state index >= 15 is 0 Å². The molecule has 0 unspecified atom stereocenters. The van der Waals surface area contributed by atoms with Gasteiger partial charge in [-0.1, -0.05) is 74.3 Å². The number of alkyl halides is 2. The second kappa shape index (κ2) is 5.11. The van der Waals surface area contributed by atoms with Gasteiger partial charge in [0.2, 0.25) is 0 Å². The fraction of sp³-hybridized carbons (Fsp3) is 0.0769. The Morgan fingerprint density at radius 3 is 2.06 bits per heavy atom. The van der Waals surface area contributed by atoms with Gasteiger partial charge in [-0.05, 0) is 17.2 Å². The van der Waals surface area contributed by atoms with E-state index in [0.29, 0.717) is 5.56 Å². The molecule has 0 N–H and O–H groups in total. The van der Waals surface area contributed by atoms with Gasteiger partial charge in [-0.15, -0.1) is 0 Å². The summed E-state index contributed by atoms with van der Waals surface area (Å²) in [6, 6.07) is 14.6. The number of hydrogen-bond acceptors (Lipinski definition) is 0. The molecule has 0 saturated heterocycles. The lowest BCUT2D eigenvalue weighted by Crippen LogP contribution is -1.85. The summed E-state index contributed by atoms with van der Waals surface area (Å²) in [5, 5.41) is 0. The highest BCUT2D eigenvalue weighted by molar-refractivity contribution is 9.24. The summed E-state index contributed by atoms with van der Waals surface area (Å²) in [7, 11) is 0. The van der Waals surface area contributed by atoms with Crippen LogP contribution in [-0.4, -0.2) is 0 Å². The molecular formula is C13H9Br2F. The van der Waals surface area contributed by atoms with Gasteiger partial charge >= 0.3 is 0 Å². The van der Waals surface area contributed by atoms with Gasteiger partial charge in [0.15, 0.2) is 0 Å². The minimum atomic E-state index is -0.190. The van der Waals surface area contributed by atoms with E-state index in [1.165, 1.54) is 6.07 Å². The maximum atomic E-state index is 13.5. The summed E-state index contributed by atoms with van der Waals surface area (Å²) in [4.78, 5) is 0. The second-order valence-electron chi connectivity index (χ2n) is 3.40. The van der Waals surface area contributed by atoms with E-state index in [1.807, 2.05) is 30.3 Å². The van der Waals surface area contributed by atoms with Crippen molar-refractivity contribution in [1.82, 2.24) is 0 Å². The van der Waals surface area contributed by atoms with E-state index in [1.54, 1.807) is 12.1 Å². The molecule has 0 aromatic heterocycles. The van der Waals surface area contributed by atoms with Crippen molar-refractivity contribution in [3.63, 3.8) is 0 Å². The van der Waals surface area contributed by atoms with Crippen LogP contribution in [-0.2, 0) is 0 Å². The van der Waals surface area contributed by atoms with Crippen molar-refractivity contribution < 1.29 is 4.39 Å². The third-order valence-electron chi connectivity index (χ3n) is 2.35. The Balaban J connectivity index is 2.39. The first kappa shape index (κ1) is 11.8. The fourth-order valence-electron chi connectivity index (χ4n) is 1.50. The van der Waals surface area contributed by atoms with Gasteiger partial charge in [-0.2, -0.15) is 0 Å². The molecule has 0 heterocycles. The molecule has 0 radical (unpaired) electrons. The highest BCUT2D eigenvalue weighted by atomic mass is 79.9. The van der Waals surface area contributed by atoms with E-state index < -0.39 is 0 Å². The fourth-order valence-corrected chi connectivity index (χ4v) is 2.11. The van der Waals surface area contributed by atoms with Crippen molar-refractivity contribution in [3.8, 4) is 11.1 Å². The standard InChI is InChI=1S/C13H9Br2F/c14-13(15)10-7-5-9(6-8-10)11-3-1-2-4-12(11)16/h1-8,13H. The van der Waals surface area contributed by atoms with Gasteiger partial charge in [0.25, 0.3) is 0 Å². The predicted molar refractivity (Wildman–Crippen MR) is 72.4 cm³/mol. The average molecular weight is 344 g/mol. The van der Waals surface area contributed by atoms with E-state index in [4.69, 9.17) is 0 Å². The monoisotopic (exact) mass is 342 g/mol. The number of hydrogen-bond donors (Lipinski definition) is 0. The van der Waals surface area contributed by atoms with Crippen LogP contribution in [0.15, 0.2) is 48.5 Å². The first-order valence-corrected chi connectivity index (χ1v) is 6.64. The number of benzene rings is 2. The van der Waals surface area contributed by atoms with E-state index in [2.05, 4.69) is 31.9 Å². The van der Waals surface area contributed by atoms with Gasteiger partial charge in [-0.25, -0.2) is 4.39 Å². The predicted octanol–water partition coefficient (Wildman–Crippen LogP) is 5.28. The van der Waals surface area contributed by atoms with Crippen molar-refractivity contribution in [3.05, 3.63) is 59.9 Å². The molecule has 82 valence electrons. The highest BCUT2D eigenvalue weighted by Crippen LogP contribution is 2.31. The van der Waals surface area contributed by atoms with Crippen LogP contribution in [0.2, 0.25) is 0 Å². The molecule has 2 aromatic rings. The van der Waals surface area contributed by atoms with Gasteiger partial charge in [-0.3, -0.25) is 0 Å². The molecule has 16 heavy (non-hydrogen) atoms. The third kappa shape index (κ3) is 2.53. The first-order valence-electron chi connectivity index (χ1n) is 4.81. The maximum absolute atomic E-state index is 13.5. The zero-order valence-corrected chi connectivity index (χ0v) is 11.5. The summed E-state index contributed by atoms with van der Waals surface area (Å²) < 4.78 is 13.6. The van der Waals surface area contributed by atoms with Crippen LogP contribution in [0.5, 0.6) is 0 Å². The number of halogens is 3. The van der Waals surface area contributed by atoms with Crippen molar-refractivity contribution in [1.29, 1.82) is 0 Å². The molecule has 0 bridgehead atoms. The molecule has 2 aromatic carbocycles. The Bertz CT molecular complexity index is 478. The topological polar surface area (TPSA) is 0 Å². The Hall–Kier alpha value is -0.670. The second-order valence-corrected chi connectivity index (χ2v) is 6.46. The molecule has 0 atom stereocenters. The average Bonchev–Trinajstić information content (AvgIpc) is 2.30. The summed E-state index contributed by atoms with van der Waals surface area (Å²) in [5.74, 6) is -0.190. The largest absolute Gasteiger partial charge is 0.206 e. The lowest BCUT2D eigenvalue weighted by atomic mass is 10.0. The first-order chi connectivity index (χ1) is 7.68. The van der Waals surface area contributed by atoms with Crippen LogP contribution in [0.1, 0.15) is 9.30 Å². The van der Waals surface area contributed by atoms with Crippen LogP contribution < -0.4 is 0 Å². The molecule has 0 nitrogen and oxygen atoms in total. The van der Waals surface area contributed by atoms with Crippen LogP contribution in [0.4, 0.5) is 4.39 Å². The Kier molecular flexibility index (Phi) is 3.77. The zero-order valence-electron chi connectivity index (χ0n) is 8.33. The van der Waals surface area contributed by atoms with Crippen LogP contribution in [0, 0.1) is 5.82 Å². The minimum Gasteiger partial charge on any atom is -0.206 e. The Labute approximate surface area is 111 Å². The SMILES string of the molecule is Fc1ccccc1-c1ccc(C(Br)Br)cc1. The highest BCUT2D eigenvalue weighted by Gasteiger charge is 2.05. The minimum absolute atomic E-state index is 0.134. The lowest BCUT2D eigenvalue weighted by molar-refractivity contribution is 0.631. The van der Waals surface area contributed by atoms with Gasteiger partial charge < -0.3 is 0 Å².